The van der Waals surface area contributed by atoms with Crippen LogP contribution in [0.3, 0.4) is 0 Å². The number of carbonyl (C=O) groups is 1. The molecular formula is C7H8KNO2. The number of primary amides is 1. The molecule has 0 heterocycles. The molecule has 0 unspecified atom stereocenters. The van der Waals surface area contributed by atoms with E-state index in [9.17, 15) is 4.79 Å². The number of para-hydroxylation sites is 1. The normalized spacial score (nSPS) is 8.36. The molecule has 0 spiro atoms. The minimum atomic E-state index is -0.613. The van der Waals surface area contributed by atoms with Crippen LogP contribution in [0.25, 0.3) is 0 Å². The molecule has 11 heavy (non-hydrogen) atoms. The van der Waals surface area contributed by atoms with Gasteiger partial charge in [-0.2, -0.15) is 0 Å². The Labute approximate surface area is 107 Å². The van der Waals surface area contributed by atoms with E-state index in [-0.39, 0.29) is 62.7 Å². The number of hydrogen-bond acceptors (Lipinski definition) is 2. The maximum absolute atomic E-state index is 10.5. The number of benzene rings is 1. The Morgan fingerprint density at radius 1 is 1.36 bits per heavy atom. The molecule has 0 saturated carbocycles. The van der Waals surface area contributed by atoms with Gasteiger partial charge in [0.2, 0.25) is 0 Å². The van der Waals surface area contributed by atoms with Crippen molar-refractivity contribution in [2.24, 2.45) is 5.73 Å². The minimum absolute atomic E-state index is 0. The number of nitrogens with two attached hydrogens (primary N) is 1. The zero-order valence-corrected chi connectivity index (χ0v) is 5.24. The van der Waals surface area contributed by atoms with Crippen LogP contribution in [0.15, 0.2) is 24.3 Å². The monoisotopic (exact) mass is 177 g/mol. The van der Waals surface area contributed by atoms with Gasteiger partial charge in [-0.1, -0.05) is 12.1 Å². The molecule has 3 N–H and O–H groups in total. The van der Waals surface area contributed by atoms with Gasteiger partial charge in [0, 0.05) is 0 Å². The number of rotatable bonds is 1. The van der Waals surface area contributed by atoms with E-state index in [1.165, 1.54) is 12.1 Å². The second-order valence-corrected chi connectivity index (χ2v) is 1.88. The predicted octanol–water partition coefficient (Wildman–Crippen LogP) is -0.157. The molecule has 0 fully saturated rings. The van der Waals surface area contributed by atoms with Crippen molar-refractivity contribution in [1.82, 2.24) is 0 Å². The molecule has 0 aliphatic carbocycles. The van der Waals surface area contributed by atoms with Gasteiger partial charge in [0.05, 0.1) is 5.56 Å². The van der Waals surface area contributed by atoms with Crippen molar-refractivity contribution in [2.45, 2.75) is 0 Å². The molecule has 0 atom stereocenters. The van der Waals surface area contributed by atoms with E-state index in [2.05, 4.69) is 0 Å². The molecule has 0 aromatic heterocycles. The maximum atomic E-state index is 10.5. The van der Waals surface area contributed by atoms with E-state index in [0.29, 0.717) is 0 Å². The number of phenols is 1. The summed E-state index contributed by atoms with van der Waals surface area (Å²) in [4.78, 5) is 10.5. The van der Waals surface area contributed by atoms with Gasteiger partial charge in [-0.25, -0.2) is 0 Å². The molecular weight excluding hydrogens is 169 g/mol. The molecule has 1 amide bonds. The molecule has 1 rings (SSSR count). The number of hydrogen-bond donors (Lipinski definition) is 2. The first-order chi connectivity index (χ1) is 4.72. The molecule has 0 aliphatic heterocycles. The fourth-order valence-corrected chi connectivity index (χ4v) is 0.682. The average molecular weight is 177 g/mol. The second kappa shape index (κ2) is 4.90. The van der Waals surface area contributed by atoms with Gasteiger partial charge in [-0.15, -0.1) is 0 Å². The molecule has 0 saturated heterocycles. The van der Waals surface area contributed by atoms with Crippen LogP contribution in [0.2, 0.25) is 0 Å². The molecule has 0 bridgehead atoms. The fourth-order valence-electron chi connectivity index (χ4n) is 0.682. The summed E-state index contributed by atoms with van der Waals surface area (Å²) < 4.78 is 0. The Morgan fingerprint density at radius 2 is 1.91 bits per heavy atom. The topological polar surface area (TPSA) is 63.3 Å². The summed E-state index contributed by atoms with van der Waals surface area (Å²) in [5.74, 6) is -0.687. The molecule has 3 nitrogen and oxygen atoms in total. The Hall–Kier alpha value is 0.126. The van der Waals surface area contributed by atoms with Crippen molar-refractivity contribution < 1.29 is 9.90 Å². The second-order valence-electron chi connectivity index (χ2n) is 1.88. The standard InChI is InChI=1S/C7H7NO2.K.H/c8-7(10)5-3-1-2-4-6(5)9;;/h1-4,9H,(H2,8,10);;. The first-order valence-corrected chi connectivity index (χ1v) is 2.79. The summed E-state index contributed by atoms with van der Waals surface area (Å²) in [6.07, 6.45) is 0. The molecule has 4 heteroatoms. The van der Waals surface area contributed by atoms with Gasteiger partial charge in [0.1, 0.15) is 5.75 Å². The van der Waals surface area contributed by atoms with Crippen molar-refractivity contribution in [1.29, 1.82) is 0 Å². The predicted molar refractivity (Wildman–Crippen MR) is 43.8 cm³/mol. The van der Waals surface area contributed by atoms with Crippen LogP contribution in [0, 0.1) is 0 Å². The van der Waals surface area contributed by atoms with Crippen LogP contribution < -0.4 is 5.73 Å². The van der Waals surface area contributed by atoms with E-state index >= 15 is 0 Å². The van der Waals surface area contributed by atoms with Gasteiger partial charge < -0.3 is 10.8 Å². The molecule has 1 aromatic carbocycles. The Bertz CT molecular complexity index is 262. The van der Waals surface area contributed by atoms with E-state index in [0.717, 1.165) is 0 Å². The summed E-state index contributed by atoms with van der Waals surface area (Å²) in [7, 11) is 0. The van der Waals surface area contributed by atoms with Crippen molar-refractivity contribution in [3.8, 4) is 5.75 Å². The van der Waals surface area contributed by atoms with Crippen molar-refractivity contribution in [2.75, 3.05) is 0 Å². The average Bonchev–Trinajstić information content (AvgIpc) is 1.88. The summed E-state index contributed by atoms with van der Waals surface area (Å²) >= 11 is 0. The van der Waals surface area contributed by atoms with Gasteiger partial charge >= 0.3 is 51.4 Å². The number of carbonyl (C=O) groups excluding carboxylic acids is 1. The molecule has 1 aromatic rings. The van der Waals surface area contributed by atoms with Crippen LogP contribution in [0.5, 0.6) is 5.75 Å². The van der Waals surface area contributed by atoms with E-state index in [4.69, 9.17) is 10.8 Å². The van der Waals surface area contributed by atoms with Gasteiger partial charge in [-0.05, 0) is 12.1 Å². The van der Waals surface area contributed by atoms with E-state index < -0.39 is 5.91 Å². The Balaban J connectivity index is 0.000001000. The van der Waals surface area contributed by atoms with Crippen LogP contribution in [-0.4, -0.2) is 62.4 Å². The molecule has 0 radical (unpaired) electrons. The van der Waals surface area contributed by atoms with Crippen LogP contribution >= 0.6 is 0 Å². The van der Waals surface area contributed by atoms with Crippen LogP contribution in [0.1, 0.15) is 10.4 Å². The zero-order chi connectivity index (χ0) is 7.56. The summed E-state index contributed by atoms with van der Waals surface area (Å²) in [5.41, 5.74) is 5.07. The van der Waals surface area contributed by atoms with Crippen LogP contribution in [-0.2, 0) is 0 Å². The Kier molecular flexibility index (Phi) is 4.95. The summed E-state index contributed by atoms with van der Waals surface area (Å²) in [6.45, 7) is 0. The van der Waals surface area contributed by atoms with Crippen molar-refractivity contribution in [3.05, 3.63) is 29.8 Å². The summed E-state index contributed by atoms with van der Waals surface area (Å²) in [5, 5.41) is 8.98. The third kappa shape index (κ3) is 2.92. The first-order valence-electron chi connectivity index (χ1n) is 2.79. The summed E-state index contributed by atoms with van der Waals surface area (Å²) in [6, 6.07) is 6.15. The third-order valence-electron chi connectivity index (χ3n) is 1.17. The van der Waals surface area contributed by atoms with E-state index in [1.54, 1.807) is 12.1 Å². The molecule has 54 valence electrons. The number of amides is 1. The number of aromatic hydroxyl groups is 1. The SMILES string of the molecule is NC(=O)c1ccccc1O.[KH]. The quantitative estimate of drug-likeness (QED) is 0.586. The first kappa shape index (κ1) is 11.1. The fraction of sp³-hybridized carbons (Fsp3) is 0. The van der Waals surface area contributed by atoms with Crippen molar-refractivity contribution in [3.63, 3.8) is 0 Å². The molecule has 0 aliphatic rings. The van der Waals surface area contributed by atoms with Gasteiger partial charge in [0.15, 0.2) is 0 Å². The Morgan fingerprint density at radius 3 is 2.27 bits per heavy atom. The van der Waals surface area contributed by atoms with Crippen LogP contribution in [0.4, 0.5) is 0 Å². The zero-order valence-electron chi connectivity index (χ0n) is 5.24. The third-order valence-corrected chi connectivity index (χ3v) is 1.17. The van der Waals surface area contributed by atoms with E-state index in [1.807, 2.05) is 0 Å². The van der Waals surface area contributed by atoms with Crippen molar-refractivity contribution >= 4 is 57.3 Å². The van der Waals surface area contributed by atoms with Gasteiger partial charge in [-0.3, -0.25) is 4.79 Å². The van der Waals surface area contributed by atoms with Gasteiger partial charge in [0.25, 0.3) is 5.91 Å².